The molecule has 0 fully saturated rings. The minimum absolute atomic E-state index is 0.134. The molecule has 0 aromatic heterocycles. The highest BCUT2D eigenvalue weighted by atomic mass is 32.2. The summed E-state index contributed by atoms with van der Waals surface area (Å²) in [4.78, 5) is 0. The lowest BCUT2D eigenvalue weighted by Gasteiger charge is -2.17. The van der Waals surface area contributed by atoms with Crippen LogP contribution in [-0.4, -0.2) is 34.1 Å². The Morgan fingerprint density at radius 1 is 1.37 bits per heavy atom. The third-order valence-electron chi connectivity index (χ3n) is 3.00. The highest BCUT2D eigenvalue weighted by Gasteiger charge is 2.11. The van der Waals surface area contributed by atoms with Crippen LogP contribution in [0.15, 0.2) is 18.2 Å². The largest absolute Gasteiger partial charge is 0.496 e. The van der Waals surface area contributed by atoms with Gasteiger partial charge in [0.15, 0.2) is 0 Å². The fourth-order valence-electron chi connectivity index (χ4n) is 1.94. The maximum Gasteiger partial charge on any atom is 0.147 e. The number of sulfone groups is 1. The van der Waals surface area contributed by atoms with Crippen molar-refractivity contribution < 1.29 is 13.2 Å². The summed E-state index contributed by atoms with van der Waals surface area (Å²) >= 11 is 0. The second-order valence-electron chi connectivity index (χ2n) is 4.90. The highest BCUT2D eigenvalue weighted by Crippen LogP contribution is 2.25. The first-order valence-electron chi connectivity index (χ1n) is 6.39. The summed E-state index contributed by atoms with van der Waals surface area (Å²) in [5.74, 6) is 1.08. The SMILES string of the molecule is COc1cc(C)ccc1C(C)NCCCS(C)(=O)=O. The van der Waals surface area contributed by atoms with Crippen LogP contribution < -0.4 is 10.1 Å². The lowest BCUT2D eigenvalue weighted by Crippen LogP contribution is -2.22. The van der Waals surface area contributed by atoms with Gasteiger partial charge in [-0.3, -0.25) is 0 Å². The van der Waals surface area contributed by atoms with Crippen LogP contribution in [0.3, 0.4) is 0 Å². The quantitative estimate of drug-likeness (QED) is 0.779. The molecule has 1 aromatic rings. The van der Waals surface area contributed by atoms with Gasteiger partial charge in [-0.15, -0.1) is 0 Å². The van der Waals surface area contributed by atoms with Gasteiger partial charge in [-0.1, -0.05) is 12.1 Å². The Hall–Kier alpha value is -1.07. The lowest BCUT2D eigenvalue weighted by atomic mass is 10.0. The zero-order chi connectivity index (χ0) is 14.5. The monoisotopic (exact) mass is 285 g/mol. The maximum absolute atomic E-state index is 11.0. The Balaban J connectivity index is 2.56. The van der Waals surface area contributed by atoms with Gasteiger partial charge >= 0.3 is 0 Å². The molecule has 0 radical (unpaired) electrons. The fourth-order valence-corrected chi connectivity index (χ4v) is 2.61. The van der Waals surface area contributed by atoms with Crippen LogP contribution in [0.1, 0.15) is 30.5 Å². The summed E-state index contributed by atoms with van der Waals surface area (Å²) in [6.45, 7) is 4.75. The van der Waals surface area contributed by atoms with Crippen LogP contribution >= 0.6 is 0 Å². The van der Waals surface area contributed by atoms with Crippen LogP contribution in [0.2, 0.25) is 0 Å². The van der Waals surface area contributed by atoms with Crippen LogP contribution in [0.25, 0.3) is 0 Å². The van der Waals surface area contributed by atoms with E-state index in [0.29, 0.717) is 13.0 Å². The molecule has 0 heterocycles. The van der Waals surface area contributed by atoms with Crippen molar-refractivity contribution in [1.29, 1.82) is 0 Å². The molecular formula is C14H23NO3S. The van der Waals surface area contributed by atoms with E-state index in [9.17, 15) is 8.42 Å². The highest BCUT2D eigenvalue weighted by molar-refractivity contribution is 7.90. The van der Waals surface area contributed by atoms with Gasteiger partial charge in [-0.05, 0) is 38.4 Å². The van der Waals surface area contributed by atoms with Crippen LogP contribution in [-0.2, 0) is 9.84 Å². The Morgan fingerprint density at radius 3 is 2.63 bits per heavy atom. The average molecular weight is 285 g/mol. The molecule has 19 heavy (non-hydrogen) atoms. The molecule has 1 N–H and O–H groups in total. The summed E-state index contributed by atoms with van der Waals surface area (Å²) in [5, 5.41) is 3.32. The van der Waals surface area contributed by atoms with Gasteiger partial charge < -0.3 is 10.1 Å². The van der Waals surface area contributed by atoms with Crippen molar-refractivity contribution in [2.75, 3.05) is 25.7 Å². The predicted molar refractivity (Wildman–Crippen MR) is 78.5 cm³/mol. The van der Waals surface area contributed by atoms with E-state index >= 15 is 0 Å². The molecule has 0 aliphatic rings. The van der Waals surface area contributed by atoms with Crippen molar-refractivity contribution in [3.05, 3.63) is 29.3 Å². The zero-order valence-electron chi connectivity index (χ0n) is 12.1. The first kappa shape index (κ1) is 16.0. The molecule has 1 atom stereocenters. The summed E-state index contributed by atoms with van der Waals surface area (Å²) in [6, 6.07) is 6.23. The number of hydrogen-bond donors (Lipinski definition) is 1. The molecule has 0 aliphatic heterocycles. The summed E-state index contributed by atoms with van der Waals surface area (Å²) < 4.78 is 27.4. The number of benzene rings is 1. The van der Waals surface area contributed by atoms with Crippen molar-refractivity contribution >= 4 is 9.84 Å². The van der Waals surface area contributed by atoms with Crippen molar-refractivity contribution in [1.82, 2.24) is 5.32 Å². The molecule has 4 nitrogen and oxygen atoms in total. The van der Waals surface area contributed by atoms with Gasteiger partial charge in [0, 0.05) is 17.9 Å². The van der Waals surface area contributed by atoms with Gasteiger partial charge in [0.1, 0.15) is 15.6 Å². The second kappa shape index (κ2) is 6.91. The second-order valence-corrected chi connectivity index (χ2v) is 7.16. The molecule has 0 bridgehead atoms. The van der Waals surface area contributed by atoms with E-state index in [2.05, 4.69) is 5.32 Å². The van der Waals surface area contributed by atoms with Crippen molar-refractivity contribution in [3.63, 3.8) is 0 Å². The summed E-state index contributed by atoms with van der Waals surface area (Å²) in [6.07, 6.45) is 1.89. The predicted octanol–water partition coefficient (Wildman–Crippen LogP) is 2.09. The van der Waals surface area contributed by atoms with E-state index in [1.54, 1.807) is 7.11 Å². The van der Waals surface area contributed by atoms with Crippen LogP contribution in [0.4, 0.5) is 0 Å². The zero-order valence-corrected chi connectivity index (χ0v) is 12.9. The van der Waals surface area contributed by atoms with E-state index < -0.39 is 9.84 Å². The summed E-state index contributed by atoms with van der Waals surface area (Å²) in [7, 11) is -1.21. The third kappa shape index (κ3) is 5.61. The molecule has 0 spiro atoms. The van der Waals surface area contributed by atoms with E-state index in [-0.39, 0.29) is 11.8 Å². The molecule has 1 rings (SSSR count). The van der Waals surface area contributed by atoms with E-state index in [4.69, 9.17) is 4.74 Å². The number of aryl methyl sites for hydroxylation is 1. The molecule has 1 unspecified atom stereocenters. The minimum Gasteiger partial charge on any atom is -0.496 e. The number of hydrogen-bond acceptors (Lipinski definition) is 4. The number of nitrogens with one attached hydrogen (secondary N) is 1. The molecule has 0 aliphatic carbocycles. The van der Waals surface area contributed by atoms with E-state index in [1.165, 1.54) is 6.26 Å². The molecule has 1 aromatic carbocycles. The Labute approximate surface area is 116 Å². The third-order valence-corrected chi connectivity index (χ3v) is 4.03. The molecule has 0 saturated carbocycles. The van der Waals surface area contributed by atoms with Crippen molar-refractivity contribution in [2.24, 2.45) is 0 Å². The Kier molecular flexibility index (Phi) is 5.82. The fraction of sp³-hybridized carbons (Fsp3) is 0.571. The minimum atomic E-state index is -2.87. The van der Waals surface area contributed by atoms with Crippen LogP contribution in [0.5, 0.6) is 5.75 Å². The normalized spacial score (nSPS) is 13.3. The van der Waals surface area contributed by atoms with Gasteiger partial charge in [0.05, 0.1) is 12.9 Å². The smallest absolute Gasteiger partial charge is 0.147 e. The Bertz CT molecular complexity index is 511. The van der Waals surface area contributed by atoms with Gasteiger partial charge in [-0.25, -0.2) is 8.42 Å². The molecule has 5 heteroatoms. The summed E-state index contributed by atoms with van der Waals surface area (Å²) in [5.41, 5.74) is 2.25. The molecule has 0 saturated heterocycles. The first-order chi connectivity index (χ1) is 8.83. The molecular weight excluding hydrogens is 262 g/mol. The Morgan fingerprint density at radius 2 is 2.05 bits per heavy atom. The molecule has 108 valence electrons. The van der Waals surface area contributed by atoms with Gasteiger partial charge in [0.2, 0.25) is 0 Å². The molecule has 0 amide bonds. The number of ether oxygens (including phenoxy) is 1. The van der Waals surface area contributed by atoms with Crippen molar-refractivity contribution in [2.45, 2.75) is 26.3 Å². The van der Waals surface area contributed by atoms with Crippen LogP contribution in [0, 0.1) is 6.92 Å². The lowest BCUT2D eigenvalue weighted by molar-refractivity contribution is 0.401. The standard InChI is InChI=1S/C14H23NO3S/c1-11-6-7-13(14(10-11)18-3)12(2)15-8-5-9-19(4,16)17/h6-7,10,12,15H,5,8-9H2,1-4H3. The number of rotatable bonds is 7. The van der Waals surface area contributed by atoms with Gasteiger partial charge in [0.25, 0.3) is 0 Å². The van der Waals surface area contributed by atoms with Gasteiger partial charge in [-0.2, -0.15) is 0 Å². The maximum atomic E-state index is 11.0. The van der Waals surface area contributed by atoms with E-state index in [1.807, 2.05) is 32.0 Å². The first-order valence-corrected chi connectivity index (χ1v) is 8.45. The van der Waals surface area contributed by atoms with E-state index in [0.717, 1.165) is 16.9 Å². The number of methoxy groups -OCH3 is 1. The topological polar surface area (TPSA) is 55.4 Å². The average Bonchev–Trinajstić information content (AvgIpc) is 2.33. The van der Waals surface area contributed by atoms with Crippen molar-refractivity contribution in [3.8, 4) is 5.75 Å².